The Morgan fingerprint density at radius 3 is 2.20 bits per heavy atom. The second kappa shape index (κ2) is 4.60. The molecule has 0 saturated heterocycles. The highest BCUT2D eigenvalue weighted by atomic mass is 79.9. The van der Waals surface area contributed by atoms with Crippen molar-refractivity contribution in [2.75, 3.05) is 0 Å². The Balaban J connectivity index is 2.02. The normalized spacial score (nSPS) is 15.8. The van der Waals surface area contributed by atoms with Crippen molar-refractivity contribution in [2.24, 2.45) is 0 Å². The zero-order valence-electron chi connectivity index (χ0n) is 10.9. The molecular formula is C19H13Br. The van der Waals surface area contributed by atoms with E-state index < -0.39 is 0 Å². The zero-order chi connectivity index (χ0) is 13.5. The molecule has 0 radical (unpaired) electrons. The first-order valence-corrected chi connectivity index (χ1v) is 7.57. The van der Waals surface area contributed by atoms with Gasteiger partial charge in [-0.05, 0) is 39.9 Å². The fourth-order valence-electron chi connectivity index (χ4n) is 3.18. The standard InChI is InChI=1S/C19H13Br/c20-14-10-11-17-18(12-14)15-8-4-5-9-16(15)19(17)13-6-2-1-3-7-13/h1-12,19H. The number of benzene rings is 3. The molecule has 3 aromatic carbocycles. The van der Waals surface area contributed by atoms with Crippen LogP contribution in [-0.2, 0) is 0 Å². The van der Waals surface area contributed by atoms with Crippen LogP contribution in [0.5, 0.6) is 0 Å². The molecule has 3 aromatic rings. The van der Waals surface area contributed by atoms with E-state index in [9.17, 15) is 0 Å². The van der Waals surface area contributed by atoms with Crippen LogP contribution in [0, 0.1) is 0 Å². The number of hydrogen-bond donors (Lipinski definition) is 0. The van der Waals surface area contributed by atoms with Gasteiger partial charge in [0.1, 0.15) is 0 Å². The van der Waals surface area contributed by atoms with Gasteiger partial charge < -0.3 is 0 Å². The maximum atomic E-state index is 3.59. The molecule has 20 heavy (non-hydrogen) atoms. The van der Waals surface area contributed by atoms with Crippen molar-refractivity contribution < 1.29 is 0 Å². The van der Waals surface area contributed by atoms with Crippen LogP contribution in [0.2, 0.25) is 0 Å². The SMILES string of the molecule is Brc1ccc2c(c1)-c1ccccc1C2c1ccccc1. The van der Waals surface area contributed by atoms with Crippen LogP contribution >= 0.6 is 15.9 Å². The first-order chi connectivity index (χ1) is 9.84. The second-order valence-corrected chi connectivity index (χ2v) is 6.08. The van der Waals surface area contributed by atoms with Crippen molar-refractivity contribution >= 4 is 15.9 Å². The van der Waals surface area contributed by atoms with Crippen molar-refractivity contribution in [2.45, 2.75) is 5.92 Å². The predicted molar refractivity (Wildman–Crippen MR) is 87.0 cm³/mol. The highest BCUT2D eigenvalue weighted by Crippen LogP contribution is 2.48. The van der Waals surface area contributed by atoms with Crippen molar-refractivity contribution in [1.82, 2.24) is 0 Å². The van der Waals surface area contributed by atoms with E-state index in [1.165, 1.54) is 27.8 Å². The lowest BCUT2D eigenvalue weighted by atomic mass is 9.89. The molecule has 0 nitrogen and oxygen atoms in total. The third-order valence-corrected chi connectivity index (χ3v) is 4.51. The molecule has 1 heteroatoms. The molecule has 1 atom stereocenters. The van der Waals surface area contributed by atoms with Gasteiger partial charge in [0.25, 0.3) is 0 Å². The summed E-state index contributed by atoms with van der Waals surface area (Å²) in [6.07, 6.45) is 0. The fraction of sp³-hybridized carbons (Fsp3) is 0.0526. The smallest absolute Gasteiger partial charge is 0.0352 e. The summed E-state index contributed by atoms with van der Waals surface area (Å²) in [7, 11) is 0. The van der Waals surface area contributed by atoms with Crippen LogP contribution in [-0.4, -0.2) is 0 Å². The van der Waals surface area contributed by atoms with Gasteiger partial charge in [0.2, 0.25) is 0 Å². The fourth-order valence-corrected chi connectivity index (χ4v) is 3.54. The Morgan fingerprint density at radius 2 is 1.35 bits per heavy atom. The maximum Gasteiger partial charge on any atom is 0.0352 e. The monoisotopic (exact) mass is 320 g/mol. The van der Waals surface area contributed by atoms with Gasteiger partial charge in [-0.1, -0.05) is 76.6 Å². The lowest BCUT2D eigenvalue weighted by Gasteiger charge is -2.14. The van der Waals surface area contributed by atoms with E-state index in [0.29, 0.717) is 5.92 Å². The molecule has 0 heterocycles. The molecule has 0 saturated carbocycles. The van der Waals surface area contributed by atoms with Crippen LogP contribution in [0.1, 0.15) is 22.6 Å². The van der Waals surface area contributed by atoms with Crippen molar-refractivity contribution in [3.63, 3.8) is 0 Å². The van der Waals surface area contributed by atoms with Gasteiger partial charge in [-0.2, -0.15) is 0 Å². The molecule has 0 bridgehead atoms. The molecule has 1 unspecified atom stereocenters. The Hall–Kier alpha value is -1.86. The van der Waals surface area contributed by atoms with Gasteiger partial charge in [0.15, 0.2) is 0 Å². The van der Waals surface area contributed by atoms with E-state index in [0.717, 1.165) is 4.47 Å². The minimum atomic E-state index is 0.357. The summed E-state index contributed by atoms with van der Waals surface area (Å²) in [5, 5.41) is 0. The number of rotatable bonds is 1. The molecule has 96 valence electrons. The van der Waals surface area contributed by atoms with E-state index in [1.807, 2.05) is 0 Å². The van der Waals surface area contributed by atoms with Gasteiger partial charge in [0, 0.05) is 10.4 Å². The molecule has 1 aliphatic carbocycles. The molecule has 0 fully saturated rings. The Labute approximate surface area is 127 Å². The van der Waals surface area contributed by atoms with Crippen LogP contribution in [0.15, 0.2) is 77.3 Å². The summed E-state index contributed by atoms with van der Waals surface area (Å²) in [5.41, 5.74) is 6.88. The highest BCUT2D eigenvalue weighted by Gasteiger charge is 2.29. The molecule has 1 aliphatic rings. The van der Waals surface area contributed by atoms with Crippen LogP contribution < -0.4 is 0 Å². The van der Waals surface area contributed by atoms with Crippen LogP contribution in [0.4, 0.5) is 0 Å². The van der Waals surface area contributed by atoms with Gasteiger partial charge in [-0.15, -0.1) is 0 Å². The summed E-state index contributed by atoms with van der Waals surface area (Å²) in [6, 6.07) is 26.1. The third kappa shape index (κ3) is 1.74. The minimum absolute atomic E-state index is 0.357. The maximum absolute atomic E-state index is 3.59. The summed E-state index contributed by atoms with van der Waals surface area (Å²) in [4.78, 5) is 0. The summed E-state index contributed by atoms with van der Waals surface area (Å²) >= 11 is 3.59. The average Bonchev–Trinajstić information content (AvgIpc) is 2.82. The Bertz CT molecular complexity index is 775. The molecule has 4 rings (SSSR count). The van der Waals surface area contributed by atoms with Crippen molar-refractivity contribution in [1.29, 1.82) is 0 Å². The van der Waals surface area contributed by atoms with Crippen LogP contribution in [0.25, 0.3) is 11.1 Å². The molecule has 0 spiro atoms. The Morgan fingerprint density at radius 1 is 0.650 bits per heavy atom. The van der Waals surface area contributed by atoms with Gasteiger partial charge >= 0.3 is 0 Å². The van der Waals surface area contributed by atoms with Crippen molar-refractivity contribution in [3.05, 3.63) is 94.0 Å². The first kappa shape index (κ1) is 11.9. The van der Waals surface area contributed by atoms with E-state index in [-0.39, 0.29) is 0 Å². The lowest BCUT2D eigenvalue weighted by molar-refractivity contribution is 1.01. The molecular weight excluding hydrogens is 308 g/mol. The molecule has 0 amide bonds. The number of hydrogen-bond acceptors (Lipinski definition) is 0. The number of fused-ring (bicyclic) bond motifs is 3. The molecule has 0 aromatic heterocycles. The number of halogens is 1. The summed E-state index contributed by atoms with van der Waals surface area (Å²) in [6.45, 7) is 0. The van der Waals surface area contributed by atoms with Gasteiger partial charge in [0.05, 0.1) is 0 Å². The molecule has 0 aliphatic heterocycles. The highest BCUT2D eigenvalue weighted by molar-refractivity contribution is 9.10. The Kier molecular flexibility index (Phi) is 2.75. The zero-order valence-corrected chi connectivity index (χ0v) is 12.5. The van der Waals surface area contributed by atoms with E-state index in [1.54, 1.807) is 0 Å². The largest absolute Gasteiger partial charge is 0.0622 e. The summed E-state index contributed by atoms with van der Waals surface area (Å²) < 4.78 is 1.14. The minimum Gasteiger partial charge on any atom is -0.0622 e. The average molecular weight is 321 g/mol. The second-order valence-electron chi connectivity index (χ2n) is 5.16. The first-order valence-electron chi connectivity index (χ1n) is 6.78. The summed E-state index contributed by atoms with van der Waals surface area (Å²) in [5.74, 6) is 0.357. The van der Waals surface area contributed by atoms with E-state index >= 15 is 0 Å². The predicted octanol–water partition coefficient (Wildman–Crippen LogP) is 5.61. The van der Waals surface area contributed by atoms with E-state index in [4.69, 9.17) is 0 Å². The topological polar surface area (TPSA) is 0 Å². The van der Waals surface area contributed by atoms with Gasteiger partial charge in [-0.3, -0.25) is 0 Å². The quantitative estimate of drug-likeness (QED) is 0.427. The van der Waals surface area contributed by atoms with E-state index in [2.05, 4.69) is 88.7 Å². The third-order valence-electron chi connectivity index (χ3n) is 4.02. The van der Waals surface area contributed by atoms with Crippen molar-refractivity contribution in [3.8, 4) is 11.1 Å². The van der Waals surface area contributed by atoms with Crippen LogP contribution in [0.3, 0.4) is 0 Å². The lowest BCUT2D eigenvalue weighted by Crippen LogP contribution is -1.98. The molecule has 0 N–H and O–H groups in total. The van der Waals surface area contributed by atoms with Gasteiger partial charge in [-0.25, -0.2) is 0 Å².